The summed E-state index contributed by atoms with van der Waals surface area (Å²) in [5.41, 5.74) is 0. The van der Waals surface area contributed by atoms with Gasteiger partial charge in [-0.2, -0.15) is 0 Å². The Morgan fingerprint density at radius 3 is 2.47 bits per heavy atom. The van der Waals surface area contributed by atoms with E-state index in [4.69, 9.17) is 0 Å². The molecule has 1 rings (SSSR count). The van der Waals surface area contributed by atoms with Crippen LogP contribution in [0.15, 0.2) is 4.99 Å². The molecule has 0 amide bonds. The molecule has 1 aliphatic rings. The molecule has 0 heterocycles. The van der Waals surface area contributed by atoms with Crippen LogP contribution in [0.2, 0.25) is 0 Å². The lowest BCUT2D eigenvalue weighted by molar-refractivity contribution is 0.583. The molecule has 0 radical (unpaired) electrons. The van der Waals surface area contributed by atoms with Gasteiger partial charge in [0.05, 0.1) is 12.3 Å². The fraction of sp³-hybridized carbons (Fsp3) is 0.909. The third-order valence-electron chi connectivity index (χ3n) is 2.86. The van der Waals surface area contributed by atoms with Crippen molar-refractivity contribution in [3.8, 4) is 0 Å². The molecule has 0 aromatic rings. The summed E-state index contributed by atoms with van der Waals surface area (Å²) in [7, 11) is -3.11. The molecule has 1 saturated carbocycles. The SMILES string of the molecule is CCNC(=NCCNS(=O)(=O)CC)NC1CC1C.I. The molecule has 114 valence electrons. The zero-order chi connectivity index (χ0) is 13.6. The third kappa shape index (κ3) is 7.93. The maximum atomic E-state index is 11.2. The first kappa shape index (κ1) is 18.9. The van der Waals surface area contributed by atoms with E-state index in [1.54, 1.807) is 6.92 Å². The van der Waals surface area contributed by atoms with Crippen LogP contribution in [-0.2, 0) is 10.0 Å². The number of rotatable bonds is 7. The first-order valence-corrected chi connectivity index (χ1v) is 8.16. The lowest BCUT2D eigenvalue weighted by atomic mass is 10.5. The Kier molecular flexibility index (Phi) is 8.92. The van der Waals surface area contributed by atoms with Crippen molar-refractivity contribution in [3.05, 3.63) is 0 Å². The summed E-state index contributed by atoms with van der Waals surface area (Å²) in [6, 6.07) is 0.509. The van der Waals surface area contributed by atoms with E-state index in [1.807, 2.05) is 6.92 Å². The summed E-state index contributed by atoms with van der Waals surface area (Å²) < 4.78 is 24.9. The quantitative estimate of drug-likeness (QED) is 0.250. The molecule has 0 saturated heterocycles. The van der Waals surface area contributed by atoms with E-state index in [0.29, 0.717) is 25.0 Å². The molecule has 0 aromatic carbocycles. The predicted molar refractivity (Wildman–Crippen MR) is 89.6 cm³/mol. The third-order valence-corrected chi connectivity index (χ3v) is 4.26. The average molecular weight is 404 g/mol. The molecular weight excluding hydrogens is 379 g/mol. The zero-order valence-corrected chi connectivity index (χ0v) is 14.9. The van der Waals surface area contributed by atoms with Crippen molar-refractivity contribution in [2.75, 3.05) is 25.4 Å². The molecule has 0 aliphatic heterocycles. The van der Waals surface area contributed by atoms with Crippen LogP contribution in [0.3, 0.4) is 0 Å². The number of halogens is 1. The molecule has 1 aliphatic carbocycles. The number of nitrogens with one attached hydrogen (secondary N) is 3. The first-order valence-electron chi connectivity index (χ1n) is 6.50. The van der Waals surface area contributed by atoms with Crippen molar-refractivity contribution in [1.82, 2.24) is 15.4 Å². The smallest absolute Gasteiger partial charge is 0.211 e. The van der Waals surface area contributed by atoms with Crippen LogP contribution in [0.4, 0.5) is 0 Å². The van der Waals surface area contributed by atoms with Crippen LogP contribution in [0, 0.1) is 5.92 Å². The molecule has 19 heavy (non-hydrogen) atoms. The van der Waals surface area contributed by atoms with Crippen LogP contribution in [0.5, 0.6) is 0 Å². The van der Waals surface area contributed by atoms with Gasteiger partial charge in [0.25, 0.3) is 0 Å². The second-order valence-corrected chi connectivity index (χ2v) is 6.62. The van der Waals surface area contributed by atoms with E-state index in [-0.39, 0.29) is 29.7 Å². The van der Waals surface area contributed by atoms with E-state index in [1.165, 1.54) is 6.42 Å². The molecular formula is C11H25IN4O2S. The number of hydrogen-bond acceptors (Lipinski definition) is 3. The second-order valence-electron chi connectivity index (χ2n) is 4.52. The van der Waals surface area contributed by atoms with Crippen molar-refractivity contribution in [2.24, 2.45) is 10.9 Å². The van der Waals surface area contributed by atoms with Crippen LogP contribution < -0.4 is 15.4 Å². The van der Waals surface area contributed by atoms with Gasteiger partial charge < -0.3 is 10.6 Å². The van der Waals surface area contributed by atoms with Crippen molar-refractivity contribution in [2.45, 2.75) is 33.2 Å². The normalized spacial score (nSPS) is 22.6. The average Bonchev–Trinajstić information content (AvgIpc) is 3.00. The minimum Gasteiger partial charge on any atom is -0.357 e. The molecule has 0 aromatic heterocycles. The summed E-state index contributed by atoms with van der Waals surface area (Å²) in [6.07, 6.45) is 1.17. The topological polar surface area (TPSA) is 82.6 Å². The standard InChI is InChI=1S/C11H24N4O2S.HI/c1-4-12-11(15-10-8-9(10)3)13-6-7-14-18(16,17)5-2;/h9-10,14H,4-8H2,1-3H3,(H2,12,13,15);1H. The summed E-state index contributed by atoms with van der Waals surface area (Å²) in [6.45, 7) is 7.39. The van der Waals surface area contributed by atoms with Crippen LogP contribution in [-0.4, -0.2) is 45.8 Å². The Labute approximate surface area is 133 Å². The highest BCUT2D eigenvalue weighted by molar-refractivity contribution is 14.0. The highest BCUT2D eigenvalue weighted by atomic mass is 127. The first-order chi connectivity index (χ1) is 8.48. The fourth-order valence-corrected chi connectivity index (χ4v) is 2.10. The number of hydrogen-bond donors (Lipinski definition) is 3. The van der Waals surface area contributed by atoms with Crippen LogP contribution in [0.1, 0.15) is 27.2 Å². The van der Waals surface area contributed by atoms with Gasteiger partial charge in [-0.25, -0.2) is 13.1 Å². The maximum Gasteiger partial charge on any atom is 0.211 e. The highest BCUT2D eigenvalue weighted by Gasteiger charge is 2.33. The van der Waals surface area contributed by atoms with Gasteiger partial charge in [0.15, 0.2) is 5.96 Å². The van der Waals surface area contributed by atoms with Gasteiger partial charge in [-0.1, -0.05) is 6.92 Å². The van der Waals surface area contributed by atoms with Gasteiger partial charge in [0.2, 0.25) is 10.0 Å². The Morgan fingerprint density at radius 2 is 2.00 bits per heavy atom. The van der Waals surface area contributed by atoms with E-state index in [0.717, 1.165) is 12.5 Å². The number of aliphatic imine (C=N–C) groups is 1. The Bertz CT molecular complexity index is 386. The van der Waals surface area contributed by atoms with Gasteiger partial charge in [-0.15, -0.1) is 24.0 Å². The molecule has 2 unspecified atom stereocenters. The monoisotopic (exact) mass is 404 g/mol. The predicted octanol–water partition coefficient (Wildman–Crippen LogP) is 0.507. The molecule has 0 spiro atoms. The summed E-state index contributed by atoms with van der Waals surface area (Å²) in [5, 5.41) is 6.46. The number of nitrogens with zero attached hydrogens (tertiary/aromatic N) is 1. The minimum atomic E-state index is -3.11. The molecule has 0 bridgehead atoms. The van der Waals surface area contributed by atoms with E-state index >= 15 is 0 Å². The Morgan fingerprint density at radius 1 is 1.37 bits per heavy atom. The summed E-state index contributed by atoms with van der Waals surface area (Å²) >= 11 is 0. The molecule has 3 N–H and O–H groups in total. The molecule has 1 fully saturated rings. The van der Waals surface area contributed by atoms with Gasteiger partial charge in [0, 0.05) is 19.1 Å². The summed E-state index contributed by atoms with van der Waals surface area (Å²) in [4.78, 5) is 4.33. The van der Waals surface area contributed by atoms with Gasteiger partial charge in [-0.05, 0) is 26.2 Å². The zero-order valence-electron chi connectivity index (χ0n) is 11.8. The highest BCUT2D eigenvalue weighted by Crippen LogP contribution is 2.28. The largest absolute Gasteiger partial charge is 0.357 e. The van der Waals surface area contributed by atoms with Gasteiger partial charge >= 0.3 is 0 Å². The lowest BCUT2D eigenvalue weighted by Gasteiger charge is -2.10. The van der Waals surface area contributed by atoms with Gasteiger partial charge in [0.1, 0.15) is 0 Å². The van der Waals surface area contributed by atoms with E-state index < -0.39 is 10.0 Å². The number of sulfonamides is 1. The second kappa shape index (κ2) is 8.96. The Balaban J connectivity index is 0.00000324. The minimum absolute atomic E-state index is 0. The maximum absolute atomic E-state index is 11.2. The Hall–Kier alpha value is -0.0900. The lowest BCUT2D eigenvalue weighted by Crippen LogP contribution is -2.39. The van der Waals surface area contributed by atoms with Gasteiger partial charge in [-0.3, -0.25) is 4.99 Å². The van der Waals surface area contributed by atoms with E-state index in [2.05, 4.69) is 27.3 Å². The number of guanidine groups is 1. The molecule has 2 atom stereocenters. The molecule has 6 nitrogen and oxygen atoms in total. The molecule has 8 heteroatoms. The van der Waals surface area contributed by atoms with Crippen molar-refractivity contribution >= 4 is 40.0 Å². The van der Waals surface area contributed by atoms with Crippen molar-refractivity contribution < 1.29 is 8.42 Å². The van der Waals surface area contributed by atoms with Crippen molar-refractivity contribution in [3.63, 3.8) is 0 Å². The van der Waals surface area contributed by atoms with Crippen LogP contribution in [0.25, 0.3) is 0 Å². The van der Waals surface area contributed by atoms with E-state index in [9.17, 15) is 8.42 Å². The fourth-order valence-electron chi connectivity index (χ4n) is 1.49. The summed E-state index contributed by atoms with van der Waals surface area (Å²) in [5.74, 6) is 1.57. The van der Waals surface area contributed by atoms with Crippen LogP contribution >= 0.6 is 24.0 Å². The van der Waals surface area contributed by atoms with Crippen molar-refractivity contribution in [1.29, 1.82) is 0 Å².